The highest BCUT2D eigenvalue weighted by atomic mass is 16.2. The van der Waals surface area contributed by atoms with Crippen molar-refractivity contribution in [2.45, 2.75) is 23.9 Å². The van der Waals surface area contributed by atoms with Gasteiger partial charge in [0, 0.05) is 18.3 Å². The molecular weight excluding hydrogens is 288 g/mol. The molecule has 2 aromatic rings. The van der Waals surface area contributed by atoms with Crippen LogP contribution in [0.15, 0.2) is 48.5 Å². The number of hydrogen-bond donors (Lipinski definition) is 1. The molecular formula is C19H16N2O2. The maximum Gasteiger partial charge on any atom is 0.290 e. The molecule has 1 saturated heterocycles. The van der Waals surface area contributed by atoms with Crippen LogP contribution in [0.4, 0.5) is 5.69 Å². The monoisotopic (exact) mass is 304 g/mol. The van der Waals surface area contributed by atoms with Gasteiger partial charge in [-0.2, -0.15) is 0 Å². The summed E-state index contributed by atoms with van der Waals surface area (Å²) in [7, 11) is 1.97. The quantitative estimate of drug-likeness (QED) is 0.756. The highest BCUT2D eigenvalue weighted by molar-refractivity contribution is 6.43. The van der Waals surface area contributed by atoms with Crippen LogP contribution in [-0.2, 0) is 27.1 Å². The second-order valence-electron chi connectivity index (χ2n) is 6.63. The number of aryl methyl sites for hydroxylation is 1. The third-order valence-electron chi connectivity index (χ3n) is 5.91. The van der Waals surface area contributed by atoms with E-state index in [9.17, 15) is 9.59 Å². The molecule has 2 aliphatic heterocycles. The first kappa shape index (κ1) is 12.9. The number of hydrogen-bond acceptors (Lipinski definition) is 3. The lowest BCUT2D eigenvalue weighted by Crippen LogP contribution is -2.61. The van der Waals surface area contributed by atoms with Crippen LogP contribution in [0.5, 0.6) is 0 Å². The number of rotatable bonds is 0. The Morgan fingerprint density at radius 2 is 1.70 bits per heavy atom. The molecule has 2 atom stereocenters. The maximum absolute atomic E-state index is 13.0. The number of carbonyl (C=O) groups excluding carboxylic acids is 2. The molecule has 2 unspecified atom stereocenters. The Hall–Kier alpha value is -2.62. The van der Waals surface area contributed by atoms with Crippen LogP contribution in [0.3, 0.4) is 0 Å². The number of amides is 1. The average Bonchev–Trinajstić information content (AvgIpc) is 2.96. The Labute approximate surface area is 134 Å². The standard InChI is InChI=1S/C19H16N2O2/c1-21-15-9-5-4-8-14(15)18-11-10-12-6-2-3-7-13(12)19(18,21)20-17(23)16(18)22/h2-9H,10-11H2,1H3,(H,20,23). The van der Waals surface area contributed by atoms with Crippen molar-refractivity contribution < 1.29 is 9.59 Å². The van der Waals surface area contributed by atoms with Gasteiger partial charge in [0.25, 0.3) is 5.91 Å². The van der Waals surface area contributed by atoms with Gasteiger partial charge in [-0.15, -0.1) is 0 Å². The molecule has 1 N–H and O–H groups in total. The molecule has 23 heavy (non-hydrogen) atoms. The summed E-state index contributed by atoms with van der Waals surface area (Å²) in [6.07, 6.45) is 1.46. The second kappa shape index (κ2) is 3.82. The van der Waals surface area contributed by atoms with Crippen LogP contribution in [0.1, 0.15) is 23.1 Å². The van der Waals surface area contributed by atoms with Crippen LogP contribution in [0.25, 0.3) is 0 Å². The van der Waals surface area contributed by atoms with Crippen LogP contribution < -0.4 is 10.2 Å². The Morgan fingerprint density at radius 3 is 2.52 bits per heavy atom. The smallest absolute Gasteiger partial charge is 0.290 e. The molecule has 0 saturated carbocycles. The molecule has 0 aromatic heterocycles. The predicted octanol–water partition coefficient (Wildman–Crippen LogP) is 1.87. The molecule has 4 nitrogen and oxygen atoms in total. The Balaban J connectivity index is 1.94. The van der Waals surface area contributed by atoms with Gasteiger partial charge in [0.15, 0.2) is 5.66 Å². The number of ketones is 1. The van der Waals surface area contributed by atoms with E-state index in [0.717, 1.165) is 23.2 Å². The number of nitrogens with zero attached hydrogens (tertiary/aromatic N) is 1. The number of Topliss-reactive ketones (excluding diaryl/α,β-unsaturated/α-hetero) is 1. The van der Waals surface area contributed by atoms with E-state index in [1.165, 1.54) is 5.56 Å². The van der Waals surface area contributed by atoms with Crippen molar-refractivity contribution in [3.63, 3.8) is 0 Å². The first-order valence-corrected chi connectivity index (χ1v) is 7.91. The molecule has 114 valence electrons. The Kier molecular flexibility index (Phi) is 2.14. The van der Waals surface area contributed by atoms with Crippen molar-refractivity contribution in [1.82, 2.24) is 5.32 Å². The van der Waals surface area contributed by atoms with Gasteiger partial charge in [-0.3, -0.25) is 9.59 Å². The highest BCUT2D eigenvalue weighted by Crippen LogP contribution is 2.62. The molecule has 0 spiro atoms. The summed E-state index contributed by atoms with van der Waals surface area (Å²) in [4.78, 5) is 27.5. The lowest BCUT2D eigenvalue weighted by atomic mass is 9.62. The van der Waals surface area contributed by atoms with Crippen LogP contribution in [-0.4, -0.2) is 18.7 Å². The zero-order valence-electron chi connectivity index (χ0n) is 12.8. The van der Waals surface area contributed by atoms with E-state index in [0.29, 0.717) is 6.42 Å². The normalized spacial score (nSPS) is 30.4. The summed E-state index contributed by atoms with van der Waals surface area (Å²) in [5.74, 6) is -0.771. The van der Waals surface area contributed by atoms with E-state index in [-0.39, 0.29) is 5.78 Å². The van der Waals surface area contributed by atoms with Gasteiger partial charge >= 0.3 is 0 Å². The van der Waals surface area contributed by atoms with Gasteiger partial charge in [0.05, 0.1) is 0 Å². The zero-order valence-corrected chi connectivity index (χ0v) is 12.8. The van der Waals surface area contributed by atoms with E-state index in [1.807, 2.05) is 49.5 Å². The summed E-state index contributed by atoms with van der Waals surface area (Å²) in [6.45, 7) is 0. The lowest BCUT2D eigenvalue weighted by molar-refractivity contribution is -0.137. The minimum absolute atomic E-state index is 0.302. The summed E-state index contributed by atoms with van der Waals surface area (Å²) in [5, 5.41) is 3.06. The molecule has 1 fully saturated rings. The third kappa shape index (κ3) is 1.15. The molecule has 0 radical (unpaired) electrons. The van der Waals surface area contributed by atoms with Gasteiger partial charge in [-0.1, -0.05) is 42.5 Å². The van der Waals surface area contributed by atoms with Gasteiger partial charge in [-0.25, -0.2) is 0 Å². The van der Waals surface area contributed by atoms with Crippen LogP contribution in [0, 0.1) is 0 Å². The molecule has 4 heteroatoms. The number of para-hydroxylation sites is 1. The van der Waals surface area contributed by atoms with Gasteiger partial charge in [0.2, 0.25) is 5.78 Å². The first-order chi connectivity index (χ1) is 11.1. The molecule has 2 heterocycles. The largest absolute Gasteiger partial charge is 0.347 e. The van der Waals surface area contributed by atoms with Gasteiger partial charge in [-0.05, 0) is 30.0 Å². The van der Waals surface area contributed by atoms with Crippen molar-refractivity contribution in [3.05, 3.63) is 65.2 Å². The number of benzene rings is 2. The zero-order chi connectivity index (χ0) is 15.8. The van der Waals surface area contributed by atoms with Crippen molar-refractivity contribution in [1.29, 1.82) is 0 Å². The fourth-order valence-corrected chi connectivity index (χ4v) is 5.00. The third-order valence-corrected chi connectivity index (χ3v) is 5.91. The van der Waals surface area contributed by atoms with Crippen molar-refractivity contribution in [2.24, 2.45) is 0 Å². The average molecular weight is 304 g/mol. The molecule has 0 bridgehead atoms. The topological polar surface area (TPSA) is 49.4 Å². The van der Waals surface area contributed by atoms with E-state index < -0.39 is 17.0 Å². The minimum Gasteiger partial charge on any atom is -0.347 e. The number of anilines is 1. The van der Waals surface area contributed by atoms with E-state index in [4.69, 9.17) is 0 Å². The van der Waals surface area contributed by atoms with Gasteiger partial charge in [0.1, 0.15) is 5.41 Å². The van der Waals surface area contributed by atoms with Crippen molar-refractivity contribution in [3.8, 4) is 0 Å². The first-order valence-electron chi connectivity index (χ1n) is 7.91. The van der Waals surface area contributed by atoms with E-state index in [1.54, 1.807) is 0 Å². The molecule has 1 amide bonds. The number of nitrogens with one attached hydrogen (secondary N) is 1. The second-order valence-corrected chi connectivity index (χ2v) is 6.63. The number of carbonyl (C=O) groups is 2. The maximum atomic E-state index is 13.0. The van der Waals surface area contributed by atoms with Gasteiger partial charge < -0.3 is 10.2 Å². The molecule has 5 rings (SSSR count). The van der Waals surface area contributed by atoms with Crippen LogP contribution >= 0.6 is 0 Å². The van der Waals surface area contributed by atoms with E-state index >= 15 is 0 Å². The molecule has 1 aliphatic carbocycles. The Bertz CT molecular complexity index is 890. The molecule has 2 aromatic carbocycles. The number of likely N-dealkylation sites (N-methyl/N-ethyl adjacent to an activating group) is 1. The Morgan fingerprint density at radius 1 is 1.00 bits per heavy atom. The summed E-state index contributed by atoms with van der Waals surface area (Å²) in [6, 6.07) is 16.1. The fraction of sp³-hybridized carbons (Fsp3) is 0.263. The SMILES string of the molecule is CN1c2ccccc2C23CCc4ccccc4C12NC(=O)C3=O. The molecule has 3 aliphatic rings. The minimum atomic E-state index is -0.816. The summed E-state index contributed by atoms with van der Waals surface area (Å²) < 4.78 is 0. The lowest BCUT2D eigenvalue weighted by Gasteiger charge is -2.47. The summed E-state index contributed by atoms with van der Waals surface area (Å²) in [5.41, 5.74) is 2.64. The highest BCUT2D eigenvalue weighted by Gasteiger charge is 2.73. The summed E-state index contributed by atoms with van der Waals surface area (Å²) >= 11 is 0. The fourth-order valence-electron chi connectivity index (χ4n) is 5.00. The van der Waals surface area contributed by atoms with E-state index in [2.05, 4.69) is 16.3 Å². The number of fused-ring (bicyclic) bond motifs is 2. The predicted molar refractivity (Wildman–Crippen MR) is 86.1 cm³/mol. The van der Waals surface area contributed by atoms with Crippen LogP contribution in [0.2, 0.25) is 0 Å². The van der Waals surface area contributed by atoms with Crippen molar-refractivity contribution in [2.75, 3.05) is 11.9 Å². The van der Waals surface area contributed by atoms with Crippen molar-refractivity contribution >= 4 is 17.4 Å².